The first kappa shape index (κ1) is 10.7. The highest BCUT2D eigenvalue weighted by Gasteiger charge is 1.95. The van der Waals surface area contributed by atoms with Gasteiger partial charge < -0.3 is 5.73 Å². The normalized spacial score (nSPS) is 8.50. The zero-order chi connectivity index (χ0) is 7.21. The molecule has 0 aromatic heterocycles. The molecule has 0 unspecified atom stereocenters. The van der Waals surface area contributed by atoms with Gasteiger partial charge in [0.05, 0.1) is 0 Å². The van der Waals surface area contributed by atoms with E-state index < -0.39 is 0 Å². The Morgan fingerprint density at radius 1 is 1.50 bits per heavy atom. The van der Waals surface area contributed by atoms with Crippen LogP contribution in [0, 0.1) is 10.7 Å². The largest absolute Gasteiger partial charge is 0.326 e. The van der Waals surface area contributed by atoms with E-state index in [1.807, 2.05) is 20.8 Å². The highest BCUT2D eigenvalue weighted by atomic mass is 32.1. The molecule has 0 aromatic carbocycles. The van der Waals surface area contributed by atoms with Gasteiger partial charge in [-0.2, -0.15) is 5.26 Å². The van der Waals surface area contributed by atoms with E-state index in [1.165, 1.54) is 5.40 Å². The lowest BCUT2D eigenvalue weighted by Crippen LogP contribution is -2.26. The first-order chi connectivity index (χ1) is 3.41. The van der Waals surface area contributed by atoms with Crippen molar-refractivity contribution in [1.82, 2.24) is 0 Å². The third-order valence-electron chi connectivity index (χ3n) is 0. The fourth-order valence-corrected chi connectivity index (χ4v) is 0. The quantitative estimate of drug-likeness (QED) is 0.383. The third kappa shape index (κ3) is 3340. The SMILES string of the molecule is CC(C)(C)N.N#CS. The lowest BCUT2D eigenvalue weighted by molar-refractivity contribution is 0.580. The van der Waals surface area contributed by atoms with Gasteiger partial charge in [0, 0.05) is 5.54 Å². The van der Waals surface area contributed by atoms with Crippen LogP contribution in [0.15, 0.2) is 0 Å². The van der Waals surface area contributed by atoms with Crippen molar-refractivity contribution in [1.29, 1.82) is 5.26 Å². The van der Waals surface area contributed by atoms with Gasteiger partial charge >= 0.3 is 0 Å². The van der Waals surface area contributed by atoms with Crippen LogP contribution in [0.2, 0.25) is 0 Å². The first-order valence-corrected chi connectivity index (χ1v) is 2.68. The van der Waals surface area contributed by atoms with Crippen LogP contribution in [0.25, 0.3) is 0 Å². The topological polar surface area (TPSA) is 49.8 Å². The van der Waals surface area contributed by atoms with Crippen molar-refractivity contribution in [2.75, 3.05) is 0 Å². The maximum absolute atomic E-state index is 7.18. The molecule has 0 spiro atoms. The summed E-state index contributed by atoms with van der Waals surface area (Å²) in [7, 11) is 0. The number of nitriles is 1. The van der Waals surface area contributed by atoms with Gasteiger partial charge in [-0.25, -0.2) is 0 Å². The molecule has 48 valence electrons. The van der Waals surface area contributed by atoms with Gasteiger partial charge in [-0.15, -0.1) is 0 Å². The van der Waals surface area contributed by atoms with E-state index in [0.717, 1.165) is 0 Å². The fraction of sp³-hybridized carbons (Fsp3) is 0.800. The summed E-state index contributed by atoms with van der Waals surface area (Å²) in [5.74, 6) is 0. The van der Waals surface area contributed by atoms with Gasteiger partial charge in [0.2, 0.25) is 0 Å². The molecule has 0 fully saturated rings. The second kappa shape index (κ2) is 4.95. The van der Waals surface area contributed by atoms with Crippen LogP contribution >= 0.6 is 12.6 Å². The van der Waals surface area contributed by atoms with E-state index in [0.29, 0.717) is 0 Å². The summed E-state index contributed by atoms with van der Waals surface area (Å²) in [5, 5.41) is 8.63. The zero-order valence-corrected chi connectivity index (χ0v) is 6.37. The average molecular weight is 132 g/mol. The number of thiocyanates is 1. The van der Waals surface area contributed by atoms with Gasteiger partial charge in [-0.1, -0.05) is 12.6 Å². The van der Waals surface area contributed by atoms with Gasteiger partial charge in [-0.3, -0.25) is 0 Å². The van der Waals surface area contributed by atoms with Gasteiger partial charge in [0.1, 0.15) is 5.40 Å². The van der Waals surface area contributed by atoms with Crippen molar-refractivity contribution in [3.63, 3.8) is 0 Å². The van der Waals surface area contributed by atoms with Crippen LogP contribution in [-0.2, 0) is 0 Å². The molecule has 0 radical (unpaired) electrons. The predicted molar refractivity (Wildman–Crippen MR) is 38.5 cm³/mol. The molecular formula is C5H12N2S. The fourth-order valence-electron chi connectivity index (χ4n) is 0. The Morgan fingerprint density at radius 3 is 1.50 bits per heavy atom. The van der Waals surface area contributed by atoms with E-state index in [9.17, 15) is 0 Å². The molecule has 0 amide bonds. The summed E-state index contributed by atoms with van der Waals surface area (Å²) in [6, 6.07) is 0. The predicted octanol–water partition coefficient (Wildman–Crippen LogP) is 1.14. The Labute approximate surface area is 56.1 Å². The van der Waals surface area contributed by atoms with E-state index in [1.54, 1.807) is 0 Å². The molecule has 3 heteroatoms. The lowest BCUT2D eigenvalue weighted by atomic mass is 10.1. The van der Waals surface area contributed by atoms with E-state index in [-0.39, 0.29) is 5.54 Å². The molecule has 2 N–H and O–H groups in total. The maximum Gasteiger partial charge on any atom is 0.130 e. The summed E-state index contributed by atoms with van der Waals surface area (Å²) in [6.45, 7) is 5.90. The Hall–Kier alpha value is -0.200. The van der Waals surface area contributed by atoms with Crippen molar-refractivity contribution in [2.24, 2.45) is 5.73 Å². The van der Waals surface area contributed by atoms with Gasteiger partial charge in [0.15, 0.2) is 0 Å². The van der Waals surface area contributed by atoms with Crippen LogP contribution in [0.5, 0.6) is 0 Å². The number of nitrogens with zero attached hydrogens (tertiary/aromatic N) is 1. The summed E-state index contributed by atoms with van der Waals surface area (Å²) < 4.78 is 0. The molecule has 8 heavy (non-hydrogen) atoms. The minimum absolute atomic E-state index is 0. The standard InChI is InChI=1S/C4H11N.CHNS/c1-4(2,3)5;2-1-3/h5H2,1-3H3;3H. The summed E-state index contributed by atoms with van der Waals surface area (Å²) in [5.41, 5.74) is 5.35. The first-order valence-electron chi connectivity index (χ1n) is 2.24. The average Bonchev–Trinajstić information content (AvgIpc) is 1.27. The molecule has 0 atom stereocenters. The number of nitrogens with two attached hydrogens (primary N) is 1. The maximum atomic E-state index is 7.18. The summed E-state index contributed by atoms with van der Waals surface area (Å²) in [6.07, 6.45) is 0. The minimum atomic E-state index is 0. The summed E-state index contributed by atoms with van der Waals surface area (Å²) in [4.78, 5) is 0. The van der Waals surface area contributed by atoms with Crippen LogP contribution < -0.4 is 5.73 Å². The Balaban J connectivity index is 0. The van der Waals surface area contributed by atoms with Crippen molar-refractivity contribution >= 4 is 12.6 Å². The molecule has 0 saturated carbocycles. The Kier molecular flexibility index (Phi) is 6.63. The minimum Gasteiger partial charge on any atom is -0.326 e. The molecule has 0 aliphatic rings. The molecule has 0 aliphatic carbocycles. The highest BCUT2D eigenvalue weighted by molar-refractivity contribution is 7.85. The molecule has 0 aliphatic heterocycles. The van der Waals surface area contributed by atoms with Crippen molar-refractivity contribution in [3.05, 3.63) is 0 Å². The van der Waals surface area contributed by atoms with Crippen LogP contribution in [-0.4, -0.2) is 5.54 Å². The smallest absolute Gasteiger partial charge is 0.130 e. The molecule has 0 bridgehead atoms. The zero-order valence-electron chi connectivity index (χ0n) is 5.47. The lowest BCUT2D eigenvalue weighted by Gasteiger charge is -2.06. The van der Waals surface area contributed by atoms with E-state index >= 15 is 0 Å². The number of thiol groups is 1. The van der Waals surface area contributed by atoms with Crippen molar-refractivity contribution in [3.8, 4) is 5.40 Å². The molecule has 0 rings (SSSR count). The molecule has 0 aromatic rings. The van der Waals surface area contributed by atoms with Crippen molar-refractivity contribution < 1.29 is 0 Å². The monoisotopic (exact) mass is 132 g/mol. The number of rotatable bonds is 0. The molecule has 2 nitrogen and oxygen atoms in total. The Morgan fingerprint density at radius 2 is 1.50 bits per heavy atom. The van der Waals surface area contributed by atoms with Crippen molar-refractivity contribution in [2.45, 2.75) is 26.3 Å². The second-order valence-corrected chi connectivity index (χ2v) is 2.67. The molecule has 0 heterocycles. The van der Waals surface area contributed by atoms with Gasteiger partial charge in [-0.05, 0) is 20.8 Å². The van der Waals surface area contributed by atoms with Crippen LogP contribution in [0.1, 0.15) is 20.8 Å². The molecular weight excluding hydrogens is 120 g/mol. The summed E-state index contributed by atoms with van der Waals surface area (Å²) >= 11 is 3.09. The van der Waals surface area contributed by atoms with Crippen LogP contribution in [0.3, 0.4) is 0 Å². The highest BCUT2D eigenvalue weighted by Crippen LogP contribution is 1.88. The van der Waals surface area contributed by atoms with E-state index in [2.05, 4.69) is 12.6 Å². The second-order valence-electron chi connectivity index (χ2n) is 2.47. The number of hydrogen-bond acceptors (Lipinski definition) is 3. The van der Waals surface area contributed by atoms with Crippen LogP contribution in [0.4, 0.5) is 0 Å². The number of hydrogen-bond donors (Lipinski definition) is 2. The Bertz CT molecular complexity index is 71.4. The molecule has 0 saturated heterocycles. The van der Waals surface area contributed by atoms with E-state index in [4.69, 9.17) is 11.0 Å². The van der Waals surface area contributed by atoms with Gasteiger partial charge in [0.25, 0.3) is 0 Å². The third-order valence-corrected chi connectivity index (χ3v) is 0.